The minimum absolute atomic E-state index is 0.102. The van der Waals surface area contributed by atoms with Crippen LogP contribution < -0.4 is 0 Å². The molecule has 6 nitrogen and oxygen atoms in total. The van der Waals surface area contributed by atoms with Crippen molar-refractivity contribution in [3.63, 3.8) is 0 Å². The van der Waals surface area contributed by atoms with Crippen LogP contribution in [0.1, 0.15) is 6.92 Å². The van der Waals surface area contributed by atoms with E-state index in [1.54, 1.807) is 6.92 Å². The van der Waals surface area contributed by atoms with Gasteiger partial charge in [0.2, 0.25) is 0 Å². The first kappa shape index (κ1) is 12.3. The molecule has 0 aromatic rings. The molecule has 2 N–H and O–H groups in total. The molecule has 0 unspecified atom stereocenters. The van der Waals surface area contributed by atoms with Crippen molar-refractivity contribution in [2.24, 2.45) is 0 Å². The molecule has 0 radical (unpaired) electrons. The van der Waals surface area contributed by atoms with Crippen LogP contribution in [-0.2, 0) is 18.6 Å². The Hall–Kier alpha value is -0.680. The molecule has 0 spiro atoms. The van der Waals surface area contributed by atoms with Crippen LogP contribution >= 0.6 is 7.82 Å². The van der Waals surface area contributed by atoms with Crippen LogP contribution in [0.15, 0.2) is 12.2 Å². The summed E-state index contributed by atoms with van der Waals surface area (Å²) < 4.78 is 18.7. The van der Waals surface area contributed by atoms with Crippen molar-refractivity contribution >= 4 is 13.8 Å². The predicted octanol–water partition coefficient (Wildman–Crippen LogP) is 0.215. The second-order valence-corrected chi connectivity index (χ2v) is 3.27. The minimum atomic E-state index is -4.77. The molecule has 0 amide bonds. The van der Waals surface area contributed by atoms with E-state index in [2.05, 4.69) is 11.1 Å². The quantitative estimate of drug-likeness (QED) is 0.497. The van der Waals surface area contributed by atoms with Gasteiger partial charge in [-0.2, -0.15) is 0 Å². The summed E-state index contributed by atoms with van der Waals surface area (Å²) in [6.07, 6.45) is 0. The van der Waals surface area contributed by atoms with Gasteiger partial charge in [-0.05, 0) is 6.92 Å². The predicted molar refractivity (Wildman–Crippen MR) is 43.8 cm³/mol. The average Bonchev–Trinajstić information content (AvgIpc) is 1.96. The van der Waals surface area contributed by atoms with Gasteiger partial charge in [0.25, 0.3) is 0 Å². The average molecular weight is 210 g/mol. The van der Waals surface area contributed by atoms with Crippen molar-refractivity contribution in [1.82, 2.24) is 0 Å². The van der Waals surface area contributed by atoms with Crippen LogP contribution in [0.4, 0.5) is 0 Å². The molecular weight excluding hydrogens is 199 g/mol. The maximum Gasteiger partial charge on any atom is 0.527 e. The summed E-state index contributed by atoms with van der Waals surface area (Å²) in [7, 11) is -4.77. The van der Waals surface area contributed by atoms with Crippen molar-refractivity contribution in [3.8, 4) is 0 Å². The largest absolute Gasteiger partial charge is 0.527 e. The summed E-state index contributed by atoms with van der Waals surface area (Å²) in [4.78, 5) is 27.3. The molecule has 0 saturated carbocycles. The van der Waals surface area contributed by atoms with Crippen molar-refractivity contribution in [2.75, 3.05) is 13.2 Å². The number of hydrogen-bond donors (Lipinski definition) is 2. The molecule has 13 heavy (non-hydrogen) atoms. The lowest BCUT2D eigenvalue weighted by Gasteiger charge is -2.06. The topological polar surface area (TPSA) is 93.1 Å². The Kier molecular flexibility index (Phi) is 4.87. The fraction of sp³-hybridized carbons (Fsp3) is 0.500. The van der Waals surface area contributed by atoms with Crippen LogP contribution in [0.5, 0.6) is 0 Å². The summed E-state index contributed by atoms with van der Waals surface area (Å²) in [5, 5.41) is 0. The molecule has 0 bridgehead atoms. The lowest BCUT2D eigenvalue weighted by molar-refractivity contribution is -0.132. The van der Waals surface area contributed by atoms with E-state index in [-0.39, 0.29) is 12.2 Å². The maximum atomic E-state index is 10.8. The second-order valence-electron chi connectivity index (χ2n) is 2.11. The molecule has 0 rings (SSSR count). The Morgan fingerprint density at radius 3 is 2.46 bits per heavy atom. The molecule has 0 aliphatic carbocycles. The van der Waals surface area contributed by atoms with Gasteiger partial charge in [0.15, 0.2) is 0 Å². The monoisotopic (exact) mass is 210 g/mol. The third kappa shape index (κ3) is 6.48. The van der Waals surface area contributed by atoms with Crippen LogP contribution in [0.25, 0.3) is 0 Å². The number of phosphoric acid groups is 1. The van der Waals surface area contributed by atoms with Gasteiger partial charge in [-0.3, -0.25) is 9.79 Å². The molecule has 0 fully saturated rings. The molecule has 0 saturated heterocycles. The molecule has 0 aliphatic rings. The lowest BCUT2D eigenvalue weighted by Crippen LogP contribution is -2.10. The smallest absolute Gasteiger partial charge is 0.377 e. The summed E-state index contributed by atoms with van der Waals surface area (Å²) in [5.74, 6) is -1.15. The van der Waals surface area contributed by atoms with Gasteiger partial charge in [-0.25, -0.2) is 9.36 Å². The normalized spacial score (nSPS) is 11.0. The highest BCUT2D eigenvalue weighted by atomic mass is 31.2. The Balaban J connectivity index is 3.98. The summed E-state index contributed by atoms with van der Waals surface area (Å²) >= 11 is 0. The Morgan fingerprint density at radius 2 is 2.08 bits per heavy atom. The van der Waals surface area contributed by atoms with Gasteiger partial charge < -0.3 is 9.26 Å². The van der Waals surface area contributed by atoms with Gasteiger partial charge in [0, 0.05) is 6.61 Å². The van der Waals surface area contributed by atoms with E-state index in [1.165, 1.54) is 0 Å². The first-order chi connectivity index (χ1) is 5.87. The highest BCUT2D eigenvalue weighted by Gasteiger charge is 2.22. The third-order valence-electron chi connectivity index (χ3n) is 0.971. The number of ether oxygens (including phenoxy) is 1. The number of carbonyl (C=O) groups excluding carboxylic acids is 1. The zero-order valence-electron chi connectivity index (χ0n) is 7.10. The standard InChI is InChI=1S/C6H11O6P/c1-3-11-4-5(2)6(7)12-13(8,9)10/h2-4H2,1H3,(H2,8,9,10). The molecule has 7 heteroatoms. The Morgan fingerprint density at radius 1 is 1.54 bits per heavy atom. The van der Waals surface area contributed by atoms with E-state index in [4.69, 9.17) is 14.5 Å². The number of hydrogen-bond acceptors (Lipinski definition) is 4. The third-order valence-corrected chi connectivity index (χ3v) is 1.37. The zero-order valence-corrected chi connectivity index (χ0v) is 7.99. The molecule has 0 aromatic carbocycles. The van der Waals surface area contributed by atoms with Crippen molar-refractivity contribution < 1.29 is 28.4 Å². The van der Waals surface area contributed by atoms with Gasteiger partial charge in [-0.1, -0.05) is 6.58 Å². The lowest BCUT2D eigenvalue weighted by atomic mass is 10.3. The van der Waals surface area contributed by atoms with Crippen LogP contribution in [0.2, 0.25) is 0 Å². The zero-order chi connectivity index (χ0) is 10.5. The van der Waals surface area contributed by atoms with Gasteiger partial charge in [-0.15, -0.1) is 0 Å². The van der Waals surface area contributed by atoms with E-state index in [9.17, 15) is 9.36 Å². The number of rotatable bonds is 5. The highest BCUT2D eigenvalue weighted by Crippen LogP contribution is 2.36. The van der Waals surface area contributed by atoms with Crippen LogP contribution in [0, 0.1) is 0 Å². The fourth-order valence-corrected chi connectivity index (χ4v) is 0.802. The second kappa shape index (κ2) is 5.14. The summed E-state index contributed by atoms with van der Waals surface area (Å²) in [5.41, 5.74) is -0.134. The Labute approximate surface area is 75.4 Å². The van der Waals surface area contributed by atoms with E-state index in [0.29, 0.717) is 6.61 Å². The van der Waals surface area contributed by atoms with E-state index in [0.717, 1.165) is 0 Å². The fourth-order valence-electron chi connectivity index (χ4n) is 0.457. The number of carbonyl (C=O) groups is 1. The molecule has 0 heterocycles. The highest BCUT2D eigenvalue weighted by molar-refractivity contribution is 7.46. The molecule has 0 aromatic heterocycles. The SMILES string of the molecule is C=C(COCC)C(=O)OP(=O)(O)O. The molecule has 0 aliphatic heterocycles. The van der Waals surface area contributed by atoms with E-state index >= 15 is 0 Å². The van der Waals surface area contributed by atoms with Crippen molar-refractivity contribution in [1.29, 1.82) is 0 Å². The van der Waals surface area contributed by atoms with E-state index in [1.807, 2.05) is 0 Å². The Bertz CT molecular complexity index is 242. The first-order valence-corrected chi connectivity index (χ1v) is 4.95. The molecular formula is C6H11O6P. The molecule has 76 valence electrons. The first-order valence-electron chi connectivity index (χ1n) is 3.41. The van der Waals surface area contributed by atoms with Crippen LogP contribution in [-0.4, -0.2) is 29.0 Å². The van der Waals surface area contributed by atoms with E-state index < -0.39 is 13.8 Å². The summed E-state index contributed by atoms with van der Waals surface area (Å²) in [6.45, 7) is 5.22. The minimum Gasteiger partial charge on any atom is -0.377 e. The van der Waals surface area contributed by atoms with Crippen LogP contribution in [0.3, 0.4) is 0 Å². The maximum absolute atomic E-state index is 10.8. The van der Waals surface area contributed by atoms with Crippen molar-refractivity contribution in [2.45, 2.75) is 6.92 Å². The van der Waals surface area contributed by atoms with Gasteiger partial charge in [0.05, 0.1) is 12.2 Å². The van der Waals surface area contributed by atoms with Gasteiger partial charge in [0.1, 0.15) is 0 Å². The molecule has 0 atom stereocenters. The van der Waals surface area contributed by atoms with Gasteiger partial charge >= 0.3 is 13.8 Å². The summed E-state index contributed by atoms with van der Waals surface area (Å²) in [6, 6.07) is 0. The van der Waals surface area contributed by atoms with Crippen molar-refractivity contribution in [3.05, 3.63) is 12.2 Å². The number of phosphoric ester groups is 1.